The van der Waals surface area contributed by atoms with E-state index in [2.05, 4.69) is 43.0 Å². The molecule has 1 saturated heterocycles. The minimum Gasteiger partial charge on any atom is -0.379 e. The lowest BCUT2D eigenvalue weighted by Gasteiger charge is -2.24. The number of morpholine rings is 1. The van der Waals surface area contributed by atoms with Crippen molar-refractivity contribution in [1.29, 1.82) is 0 Å². The van der Waals surface area contributed by atoms with Gasteiger partial charge in [-0.25, -0.2) is 9.97 Å². The highest BCUT2D eigenvalue weighted by Gasteiger charge is 2.23. The lowest BCUT2D eigenvalue weighted by atomic mass is 10.1. The number of carbonyl (C=O) groups is 1. The molecule has 162 valence electrons. The van der Waals surface area contributed by atoms with Crippen molar-refractivity contribution in [2.75, 3.05) is 49.6 Å². The van der Waals surface area contributed by atoms with Crippen LogP contribution >= 0.6 is 11.6 Å². The normalized spacial score (nSPS) is 15.8. The maximum absolute atomic E-state index is 12.3. The minimum atomic E-state index is -0.339. The molecule has 1 aromatic heterocycles. The SMILES string of the molecule is O=C(C#CCN1CCOCC1)Nc1ccc2ncnc(N3CCc4ccc(Cl)cc43)c2c1. The first-order chi connectivity index (χ1) is 15.7. The number of nitrogens with zero attached hydrogens (tertiary/aromatic N) is 4. The number of hydrogen-bond acceptors (Lipinski definition) is 6. The highest BCUT2D eigenvalue weighted by molar-refractivity contribution is 6.31. The summed E-state index contributed by atoms with van der Waals surface area (Å²) in [5, 5.41) is 4.42. The molecule has 0 atom stereocenters. The Morgan fingerprint density at radius 2 is 2.00 bits per heavy atom. The van der Waals surface area contributed by atoms with Gasteiger partial charge in [-0.3, -0.25) is 9.69 Å². The van der Waals surface area contributed by atoms with Gasteiger partial charge >= 0.3 is 0 Å². The zero-order chi connectivity index (χ0) is 21.9. The molecule has 3 heterocycles. The number of benzene rings is 2. The van der Waals surface area contributed by atoms with Gasteiger partial charge < -0.3 is 15.0 Å². The van der Waals surface area contributed by atoms with E-state index < -0.39 is 0 Å². The smallest absolute Gasteiger partial charge is 0.300 e. The van der Waals surface area contributed by atoms with E-state index in [9.17, 15) is 4.79 Å². The topological polar surface area (TPSA) is 70.6 Å². The van der Waals surface area contributed by atoms with Crippen molar-refractivity contribution in [3.63, 3.8) is 0 Å². The largest absolute Gasteiger partial charge is 0.379 e. The number of amides is 1. The molecule has 0 radical (unpaired) electrons. The molecule has 2 aliphatic heterocycles. The summed E-state index contributed by atoms with van der Waals surface area (Å²) >= 11 is 6.24. The second-order valence-electron chi connectivity index (χ2n) is 7.75. The monoisotopic (exact) mass is 447 g/mol. The van der Waals surface area contributed by atoms with Crippen molar-refractivity contribution < 1.29 is 9.53 Å². The number of rotatable bonds is 3. The predicted octanol–water partition coefficient (Wildman–Crippen LogP) is 3.25. The van der Waals surface area contributed by atoms with Gasteiger partial charge in [0.05, 0.1) is 25.3 Å². The average molecular weight is 448 g/mol. The third-order valence-electron chi connectivity index (χ3n) is 5.68. The van der Waals surface area contributed by atoms with Crippen molar-refractivity contribution >= 4 is 45.6 Å². The van der Waals surface area contributed by atoms with Crippen LogP contribution in [0.5, 0.6) is 0 Å². The first-order valence-electron chi connectivity index (χ1n) is 10.6. The van der Waals surface area contributed by atoms with Gasteiger partial charge in [0.25, 0.3) is 5.91 Å². The summed E-state index contributed by atoms with van der Waals surface area (Å²) < 4.78 is 5.32. The van der Waals surface area contributed by atoms with Crippen molar-refractivity contribution in [1.82, 2.24) is 14.9 Å². The second-order valence-corrected chi connectivity index (χ2v) is 8.18. The summed E-state index contributed by atoms with van der Waals surface area (Å²) in [6.45, 7) is 4.48. The van der Waals surface area contributed by atoms with Crippen molar-refractivity contribution in [2.24, 2.45) is 0 Å². The number of hydrogen-bond donors (Lipinski definition) is 1. The van der Waals surface area contributed by atoms with Gasteiger partial charge in [-0.15, -0.1) is 0 Å². The molecule has 32 heavy (non-hydrogen) atoms. The van der Waals surface area contributed by atoms with Crippen LogP contribution in [0.1, 0.15) is 5.56 Å². The van der Waals surface area contributed by atoms with Crippen LogP contribution in [0, 0.1) is 11.8 Å². The summed E-state index contributed by atoms with van der Waals surface area (Å²) in [5.41, 5.74) is 3.76. The summed E-state index contributed by atoms with van der Waals surface area (Å²) in [6.07, 6.45) is 2.49. The zero-order valence-electron chi connectivity index (χ0n) is 17.5. The molecule has 5 rings (SSSR count). The first-order valence-corrected chi connectivity index (χ1v) is 11.0. The van der Waals surface area contributed by atoms with Gasteiger partial charge in [0.15, 0.2) is 0 Å². The molecule has 1 fully saturated rings. The van der Waals surface area contributed by atoms with Crippen LogP contribution in [-0.4, -0.2) is 60.2 Å². The van der Waals surface area contributed by atoms with E-state index in [-0.39, 0.29) is 5.91 Å². The molecule has 0 spiro atoms. The predicted molar refractivity (Wildman–Crippen MR) is 125 cm³/mol. The lowest BCUT2D eigenvalue weighted by Crippen LogP contribution is -2.36. The summed E-state index contributed by atoms with van der Waals surface area (Å²) in [6, 6.07) is 11.5. The number of fused-ring (bicyclic) bond motifs is 2. The maximum Gasteiger partial charge on any atom is 0.300 e. The minimum absolute atomic E-state index is 0.339. The number of nitrogens with one attached hydrogen (secondary N) is 1. The van der Waals surface area contributed by atoms with Gasteiger partial charge in [-0.05, 0) is 48.2 Å². The number of anilines is 3. The highest BCUT2D eigenvalue weighted by Crippen LogP contribution is 2.38. The van der Waals surface area contributed by atoms with Crippen LogP contribution in [0.4, 0.5) is 17.2 Å². The van der Waals surface area contributed by atoms with Crippen LogP contribution < -0.4 is 10.2 Å². The Morgan fingerprint density at radius 3 is 2.88 bits per heavy atom. The van der Waals surface area contributed by atoms with Crippen molar-refractivity contribution in [3.8, 4) is 11.8 Å². The fraction of sp³-hybridized carbons (Fsp3) is 0.292. The van der Waals surface area contributed by atoms with Gasteiger partial charge in [-0.2, -0.15) is 0 Å². The van der Waals surface area contributed by atoms with E-state index in [1.807, 2.05) is 30.3 Å². The van der Waals surface area contributed by atoms with E-state index in [0.717, 1.165) is 48.5 Å². The molecule has 2 aromatic carbocycles. The Balaban J connectivity index is 1.37. The molecule has 1 amide bonds. The van der Waals surface area contributed by atoms with Crippen molar-refractivity contribution in [3.05, 3.63) is 53.3 Å². The molecular formula is C24H22ClN5O2. The number of carbonyl (C=O) groups excluding carboxylic acids is 1. The van der Waals surface area contributed by atoms with E-state index in [4.69, 9.17) is 16.3 Å². The van der Waals surface area contributed by atoms with E-state index >= 15 is 0 Å². The number of aromatic nitrogens is 2. The Kier molecular flexibility index (Phi) is 5.91. The zero-order valence-corrected chi connectivity index (χ0v) is 18.2. The van der Waals surface area contributed by atoms with Crippen LogP contribution in [0.15, 0.2) is 42.7 Å². The maximum atomic E-state index is 12.3. The fourth-order valence-corrected chi connectivity index (χ4v) is 4.23. The third-order valence-corrected chi connectivity index (χ3v) is 5.91. The van der Waals surface area contributed by atoms with Gasteiger partial charge in [-0.1, -0.05) is 23.6 Å². The third kappa shape index (κ3) is 4.39. The van der Waals surface area contributed by atoms with Gasteiger partial charge in [0, 0.05) is 41.4 Å². The van der Waals surface area contributed by atoms with Gasteiger partial charge in [0.1, 0.15) is 12.1 Å². The van der Waals surface area contributed by atoms with Crippen LogP contribution in [0.3, 0.4) is 0 Å². The van der Waals surface area contributed by atoms with Crippen LogP contribution in [0.2, 0.25) is 5.02 Å². The molecule has 0 unspecified atom stereocenters. The average Bonchev–Trinajstić information content (AvgIpc) is 3.22. The number of halogens is 1. The molecule has 7 nitrogen and oxygen atoms in total. The molecule has 0 saturated carbocycles. The van der Waals surface area contributed by atoms with Gasteiger partial charge in [0.2, 0.25) is 0 Å². The molecule has 2 aliphatic rings. The van der Waals surface area contributed by atoms with E-state index in [1.165, 1.54) is 5.56 Å². The van der Waals surface area contributed by atoms with E-state index in [0.29, 0.717) is 30.5 Å². The Morgan fingerprint density at radius 1 is 1.12 bits per heavy atom. The van der Waals surface area contributed by atoms with Crippen molar-refractivity contribution in [2.45, 2.75) is 6.42 Å². The Bertz CT molecular complexity index is 1230. The Hall–Kier alpha value is -3.18. The quantitative estimate of drug-likeness (QED) is 0.621. The molecule has 8 heteroatoms. The lowest BCUT2D eigenvalue weighted by molar-refractivity contribution is -0.111. The molecular weight excluding hydrogens is 426 g/mol. The molecule has 0 bridgehead atoms. The van der Waals surface area contributed by atoms with Crippen LogP contribution in [0.25, 0.3) is 10.9 Å². The Labute approximate surface area is 191 Å². The standard InChI is InChI=1S/C24H22ClN5O2/c25-18-4-3-17-7-9-30(22(17)14-18)24-20-15-19(5-6-21(20)26-16-27-24)28-23(31)2-1-8-29-10-12-32-13-11-29/h3-6,14-16H,7-13H2,(H,28,31). The summed E-state index contributed by atoms with van der Waals surface area (Å²) in [7, 11) is 0. The molecule has 3 aromatic rings. The van der Waals surface area contributed by atoms with E-state index in [1.54, 1.807) is 6.33 Å². The fourth-order valence-electron chi connectivity index (χ4n) is 4.06. The molecule has 0 aliphatic carbocycles. The summed E-state index contributed by atoms with van der Waals surface area (Å²) in [4.78, 5) is 25.6. The first kappa shape index (κ1) is 20.7. The highest BCUT2D eigenvalue weighted by atomic mass is 35.5. The summed E-state index contributed by atoms with van der Waals surface area (Å²) in [5.74, 6) is 6.08. The second kappa shape index (κ2) is 9.13. The van der Waals surface area contributed by atoms with Crippen LogP contribution in [-0.2, 0) is 16.0 Å². The number of ether oxygens (including phenoxy) is 1. The molecule has 1 N–H and O–H groups in total.